The van der Waals surface area contributed by atoms with E-state index >= 15 is 0 Å². The van der Waals surface area contributed by atoms with E-state index < -0.39 is 17.7 Å². The summed E-state index contributed by atoms with van der Waals surface area (Å²) >= 11 is 1.90. The molecule has 0 aromatic heterocycles. The fourth-order valence-electron chi connectivity index (χ4n) is 2.37. The van der Waals surface area contributed by atoms with E-state index in [-0.39, 0.29) is 11.7 Å². The zero-order valence-corrected chi connectivity index (χ0v) is 15.5. The summed E-state index contributed by atoms with van der Waals surface area (Å²) in [6.45, 7) is 5.78. The molecule has 1 aromatic rings. The van der Waals surface area contributed by atoms with Gasteiger partial charge in [0.15, 0.2) is 0 Å². The molecular weight excluding hydrogens is 414 g/mol. The number of piperidine rings is 1. The summed E-state index contributed by atoms with van der Waals surface area (Å²) in [6.07, 6.45) is 0.646. The van der Waals surface area contributed by atoms with E-state index in [0.29, 0.717) is 22.2 Å². The van der Waals surface area contributed by atoms with Gasteiger partial charge < -0.3 is 15.0 Å². The molecular formula is C16H20FIN2O3. The number of rotatable bonds is 2. The summed E-state index contributed by atoms with van der Waals surface area (Å²) in [7, 11) is 0. The number of alkyl carbamates (subject to hydrolysis) is 1. The molecule has 0 radical (unpaired) electrons. The van der Waals surface area contributed by atoms with Crippen LogP contribution in [0.2, 0.25) is 0 Å². The molecule has 1 aromatic carbocycles. The molecule has 23 heavy (non-hydrogen) atoms. The Labute approximate surface area is 148 Å². The molecule has 5 nitrogen and oxygen atoms in total. The lowest BCUT2D eigenvalue weighted by atomic mass is 10.0. The van der Waals surface area contributed by atoms with Crippen molar-refractivity contribution in [2.45, 2.75) is 45.3 Å². The van der Waals surface area contributed by atoms with Crippen molar-refractivity contribution in [3.63, 3.8) is 0 Å². The highest BCUT2D eigenvalue weighted by molar-refractivity contribution is 14.1. The van der Waals surface area contributed by atoms with E-state index in [2.05, 4.69) is 5.32 Å². The molecule has 1 fully saturated rings. The Balaban J connectivity index is 2.09. The van der Waals surface area contributed by atoms with Gasteiger partial charge in [0.2, 0.25) is 5.91 Å². The number of ether oxygens (including phenoxy) is 1. The van der Waals surface area contributed by atoms with E-state index in [1.807, 2.05) is 22.6 Å². The third-order valence-corrected chi connectivity index (χ3v) is 4.22. The molecule has 1 saturated heterocycles. The molecule has 0 unspecified atom stereocenters. The fourth-order valence-corrected chi connectivity index (χ4v) is 2.70. The Hall–Kier alpha value is -1.38. The van der Waals surface area contributed by atoms with Crippen molar-refractivity contribution >= 4 is 40.3 Å². The van der Waals surface area contributed by atoms with Crippen molar-refractivity contribution in [1.29, 1.82) is 0 Å². The van der Waals surface area contributed by atoms with Gasteiger partial charge in [0, 0.05) is 15.8 Å². The van der Waals surface area contributed by atoms with Crippen molar-refractivity contribution in [2.75, 3.05) is 11.4 Å². The van der Waals surface area contributed by atoms with Gasteiger partial charge in [0.1, 0.15) is 17.5 Å². The number of benzene rings is 1. The topological polar surface area (TPSA) is 58.6 Å². The molecule has 1 aliphatic heterocycles. The van der Waals surface area contributed by atoms with E-state index in [1.54, 1.807) is 32.9 Å². The highest BCUT2D eigenvalue weighted by atomic mass is 127. The summed E-state index contributed by atoms with van der Waals surface area (Å²) in [5.74, 6) is -0.610. The van der Waals surface area contributed by atoms with Crippen LogP contribution in [0.5, 0.6) is 0 Å². The quantitative estimate of drug-likeness (QED) is 0.726. The van der Waals surface area contributed by atoms with Crippen LogP contribution in [0.1, 0.15) is 33.6 Å². The molecule has 2 amide bonds. The fraction of sp³-hybridized carbons (Fsp3) is 0.500. The number of halogens is 2. The van der Waals surface area contributed by atoms with Crippen LogP contribution in [0.4, 0.5) is 14.9 Å². The maximum absolute atomic E-state index is 13.7. The Kier molecular flexibility index (Phi) is 5.49. The number of carbonyl (C=O) groups excluding carboxylic acids is 2. The van der Waals surface area contributed by atoms with E-state index in [1.165, 1.54) is 11.0 Å². The zero-order chi connectivity index (χ0) is 17.2. The number of carbonyl (C=O) groups is 2. The van der Waals surface area contributed by atoms with Crippen LogP contribution in [0.15, 0.2) is 18.2 Å². The van der Waals surface area contributed by atoms with Crippen LogP contribution in [0.3, 0.4) is 0 Å². The lowest BCUT2D eigenvalue weighted by Gasteiger charge is -2.33. The van der Waals surface area contributed by atoms with Gasteiger partial charge in [-0.1, -0.05) is 0 Å². The lowest BCUT2D eigenvalue weighted by molar-refractivity contribution is -0.121. The molecule has 2 rings (SSSR count). The monoisotopic (exact) mass is 434 g/mol. The minimum Gasteiger partial charge on any atom is -0.444 e. The van der Waals surface area contributed by atoms with Crippen LogP contribution in [-0.4, -0.2) is 30.2 Å². The van der Waals surface area contributed by atoms with Crippen LogP contribution in [-0.2, 0) is 9.53 Å². The van der Waals surface area contributed by atoms with Crippen molar-refractivity contribution in [3.8, 4) is 0 Å². The molecule has 126 valence electrons. The molecule has 1 N–H and O–H groups in total. The Bertz CT molecular complexity index is 616. The third kappa shape index (κ3) is 4.79. The molecule has 1 aliphatic rings. The zero-order valence-electron chi connectivity index (χ0n) is 13.4. The number of anilines is 1. The molecule has 1 heterocycles. The minimum atomic E-state index is -0.652. The average Bonchev–Trinajstić information content (AvgIpc) is 2.42. The second kappa shape index (κ2) is 7.02. The summed E-state index contributed by atoms with van der Waals surface area (Å²) in [5, 5.41) is 2.60. The second-order valence-corrected chi connectivity index (χ2v) is 7.59. The predicted octanol–water partition coefficient (Wildman–Crippen LogP) is 3.45. The van der Waals surface area contributed by atoms with Gasteiger partial charge >= 0.3 is 6.09 Å². The standard InChI is InChI=1S/C16H20FIN2O3/c1-16(2,3)23-15(22)19-13-5-4-8-20(14(13)21)10-6-7-12(18)11(17)9-10/h6-7,9,13H,4-5,8H2,1-3H3,(H,19,22)/t13-/m1/s1. The van der Waals surface area contributed by atoms with Gasteiger partial charge in [-0.25, -0.2) is 9.18 Å². The smallest absolute Gasteiger partial charge is 0.408 e. The Morgan fingerprint density at radius 1 is 1.43 bits per heavy atom. The lowest BCUT2D eigenvalue weighted by Crippen LogP contribution is -2.53. The minimum absolute atomic E-state index is 0.247. The van der Waals surface area contributed by atoms with Crippen molar-refractivity contribution in [1.82, 2.24) is 5.32 Å². The average molecular weight is 434 g/mol. The van der Waals surface area contributed by atoms with Crippen LogP contribution in [0, 0.1) is 9.39 Å². The molecule has 0 bridgehead atoms. The first kappa shape index (κ1) is 18.0. The van der Waals surface area contributed by atoms with Gasteiger partial charge in [-0.2, -0.15) is 0 Å². The highest BCUT2D eigenvalue weighted by Gasteiger charge is 2.32. The Morgan fingerprint density at radius 2 is 2.13 bits per heavy atom. The van der Waals surface area contributed by atoms with Gasteiger partial charge in [-0.15, -0.1) is 0 Å². The normalized spacial score (nSPS) is 18.7. The van der Waals surface area contributed by atoms with Crippen molar-refractivity contribution in [3.05, 3.63) is 27.6 Å². The van der Waals surface area contributed by atoms with Crippen LogP contribution < -0.4 is 10.2 Å². The highest BCUT2D eigenvalue weighted by Crippen LogP contribution is 2.24. The predicted molar refractivity (Wildman–Crippen MR) is 93.9 cm³/mol. The van der Waals surface area contributed by atoms with E-state index in [4.69, 9.17) is 4.74 Å². The SMILES string of the molecule is CC(C)(C)OC(=O)N[C@@H]1CCCN(c2ccc(I)c(F)c2)C1=O. The van der Waals surface area contributed by atoms with Gasteiger partial charge in [-0.05, 0) is 74.4 Å². The summed E-state index contributed by atoms with van der Waals surface area (Å²) in [4.78, 5) is 25.9. The number of nitrogens with zero attached hydrogens (tertiary/aromatic N) is 1. The molecule has 7 heteroatoms. The number of hydrogen-bond acceptors (Lipinski definition) is 3. The van der Waals surface area contributed by atoms with Crippen LogP contribution in [0.25, 0.3) is 0 Å². The van der Waals surface area contributed by atoms with E-state index in [0.717, 1.165) is 6.42 Å². The first-order chi connectivity index (χ1) is 10.7. The maximum Gasteiger partial charge on any atom is 0.408 e. The third-order valence-electron chi connectivity index (χ3n) is 3.34. The number of amides is 2. The largest absolute Gasteiger partial charge is 0.444 e. The number of nitrogens with one attached hydrogen (secondary N) is 1. The first-order valence-corrected chi connectivity index (χ1v) is 8.51. The van der Waals surface area contributed by atoms with Gasteiger partial charge in [0.25, 0.3) is 0 Å². The molecule has 0 saturated carbocycles. The molecule has 0 spiro atoms. The number of hydrogen-bond donors (Lipinski definition) is 1. The maximum atomic E-state index is 13.7. The summed E-state index contributed by atoms with van der Waals surface area (Å²) in [5.41, 5.74) is -0.121. The first-order valence-electron chi connectivity index (χ1n) is 7.43. The molecule has 1 atom stereocenters. The van der Waals surface area contributed by atoms with Gasteiger partial charge in [0.05, 0.1) is 0 Å². The van der Waals surface area contributed by atoms with Crippen molar-refractivity contribution < 1.29 is 18.7 Å². The van der Waals surface area contributed by atoms with E-state index in [9.17, 15) is 14.0 Å². The summed E-state index contributed by atoms with van der Waals surface area (Å²) in [6, 6.07) is 4.03. The van der Waals surface area contributed by atoms with Crippen molar-refractivity contribution in [2.24, 2.45) is 0 Å². The Morgan fingerprint density at radius 3 is 2.74 bits per heavy atom. The molecule has 0 aliphatic carbocycles. The van der Waals surface area contributed by atoms with Gasteiger partial charge in [-0.3, -0.25) is 4.79 Å². The second-order valence-electron chi connectivity index (χ2n) is 6.43. The van der Waals surface area contributed by atoms with Crippen LogP contribution >= 0.6 is 22.6 Å². The summed E-state index contributed by atoms with van der Waals surface area (Å²) < 4.78 is 19.4.